The lowest BCUT2D eigenvalue weighted by Gasteiger charge is -2.33. The summed E-state index contributed by atoms with van der Waals surface area (Å²) in [6.45, 7) is 0. The van der Waals surface area contributed by atoms with Gasteiger partial charge in [0.2, 0.25) is 0 Å². The summed E-state index contributed by atoms with van der Waals surface area (Å²) in [4.78, 5) is 10.5. The van der Waals surface area contributed by atoms with Gasteiger partial charge in [0.1, 0.15) is 11.2 Å². The average Bonchev–Trinajstić information content (AvgIpc) is 3.80. The molecule has 0 aliphatic heterocycles. The van der Waals surface area contributed by atoms with E-state index in [1.807, 2.05) is 30.3 Å². The summed E-state index contributed by atoms with van der Waals surface area (Å²) >= 11 is 0. The molecule has 8 aromatic carbocycles. The van der Waals surface area contributed by atoms with E-state index in [0.717, 1.165) is 61.1 Å². The molecule has 1 aliphatic carbocycles. The monoisotopic (exact) mass is 714 g/mol. The van der Waals surface area contributed by atoms with Crippen LogP contribution in [-0.2, 0) is 5.41 Å². The number of rotatable bonds is 6. The maximum absolute atomic E-state index is 6.18. The fourth-order valence-corrected chi connectivity index (χ4v) is 8.91. The molecule has 56 heavy (non-hydrogen) atoms. The van der Waals surface area contributed by atoms with Crippen molar-refractivity contribution in [2.75, 3.05) is 0 Å². The number of para-hydroxylation sites is 1. The Hall–Kier alpha value is -7.36. The van der Waals surface area contributed by atoms with Crippen LogP contribution in [0, 0.1) is 0 Å². The van der Waals surface area contributed by atoms with E-state index in [1.54, 1.807) is 0 Å². The van der Waals surface area contributed by atoms with Gasteiger partial charge in [-0.25, -0.2) is 9.97 Å². The first-order chi connectivity index (χ1) is 27.8. The second-order valence-corrected chi connectivity index (χ2v) is 14.5. The van der Waals surface area contributed by atoms with Gasteiger partial charge in [-0.15, -0.1) is 0 Å². The predicted octanol–water partition coefficient (Wildman–Crippen LogP) is 13.4. The summed E-state index contributed by atoms with van der Waals surface area (Å²) in [7, 11) is 0. The molecule has 0 amide bonds. The van der Waals surface area contributed by atoms with E-state index >= 15 is 0 Å². The minimum Gasteiger partial charge on any atom is -0.456 e. The molecule has 0 spiro atoms. The van der Waals surface area contributed by atoms with E-state index in [-0.39, 0.29) is 0 Å². The maximum atomic E-state index is 6.18. The smallest absolute Gasteiger partial charge is 0.160 e. The minimum absolute atomic E-state index is 0.459. The van der Waals surface area contributed by atoms with Gasteiger partial charge >= 0.3 is 0 Å². The Morgan fingerprint density at radius 3 is 1.68 bits per heavy atom. The highest BCUT2D eigenvalue weighted by Gasteiger charge is 2.46. The molecule has 2 heterocycles. The zero-order valence-corrected chi connectivity index (χ0v) is 30.4. The Balaban J connectivity index is 1.11. The van der Waals surface area contributed by atoms with E-state index in [1.165, 1.54) is 33.4 Å². The number of furan rings is 1. The SMILES string of the molecule is c1ccc(-c2nc(-c3ccc4c(c3)-c3ccccc3C4(c3ccccc3)c3ccccc3)cc(-c3ccccc3-c3ccc4oc5ccccc5c4c3)n2)cc1. The van der Waals surface area contributed by atoms with E-state index in [4.69, 9.17) is 14.4 Å². The molecule has 0 radical (unpaired) electrons. The third kappa shape index (κ3) is 4.98. The van der Waals surface area contributed by atoms with E-state index in [0.29, 0.717) is 5.82 Å². The molecule has 262 valence electrons. The first-order valence-electron chi connectivity index (χ1n) is 19.1. The molecule has 11 rings (SSSR count). The fourth-order valence-electron chi connectivity index (χ4n) is 8.91. The highest BCUT2D eigenvalue weighted by atomic mass is 16.3. The standard InChI is InChI=1S/C53H34N2O/c1-4-16-35(17-5-1)52-54-48(34-49(55-52)42-24-11-10-22-40(42)36-29-31-51-45(32-36)43-25-13-15-27-50(43)56-51)37-28-30-47-44(33-37)41-23-12-14-26-46(41)53(47,38-18-6-2-7-19-38)39-20-8-3-9-21-39/h1-34H. The van der Waals surface area contributed by atoms with Crippen molar-refractivity contribution in [1.29, 1.82) is 0 Å². The Morgan fingerprint density at radius 2 is 0.911 bits per heavy atom. The minimum atomic E-state index is -0.459. The largest absolute Gasteiger partial charge is 0.456 e. The molecule has 2 aromatic heterocycles. The van der Waals surface area contributed by atoms with Crippen molar-refractivity contribution in [3.05, 3.63) is 229 Å². The quantitative estimate of drug-likeness (QED) is 0.172. The molecular weight excluding hydrogens is 681 g/mol. The van der Waals surface area contributed by atoms with Gasteiger partial charge in [-0.3, -0.25) is 0 Å². The van der Waals surface area contributed by atoms with Crippen LogP contribution in [0.2, 0.25) is 0 Å². The Morgan fingerprint density at radius 1 is 0.339 bits per heavy atom. The topological polar surface area (TPSA) is 38.9 Å². The van der Waals surface area contributed by atoms with Gasteiger partial charge in [-0.1, -0.05) is 176 Å². The molecule has 0 N–H and O–H groups in total. The summed E-state index contributed by atoms with van der Waals surface area (Å²) in [6.07, 6.45) is 0. The van der Waals surface area contributed by atoms with Gasteiger partial charge in [0.05, 0.1) is 16.8 Å². The molecule has 0 saturated carbocycles. The zero-order valence-electron chi connectivity index (χ0n) is 30.4. The van der Waals surface area contributed by atoms with Crippen LogP contribution < -0.4 is 0 Å². The summed E-state index contributed by atoms with van der Waals surface area (Å²) in [5.74, 6) is 0.688. The van der Waals surface area contributed by atoms with Gasteiger partial charge in [-0.2, -0.15) is 0 Å². The van der Waals surface area contributed by atoms with Gasteiger partial charge in [0.15, 0.2) is 5.82 Å². The van der Waals surface area contributed by atoms with Gasteiger partial charge < -0.3 is 4.42 Å². The van der Waals surface area contributed by atoms with Crippen LogP contribution in [0.3, 0.4) is 0 Å². The van der Waals surface area contributed by atoms with Gasteiger partial charge in [-0.05, 0) is 74.8 Å². The van der Waals surface area contributed by atoms with Crippen LogP contribution in [-0.4, -0.2) is 9.97 Å². The van der Waals surface area contributed by atoms with Gasteiger partial charge in [0, 0.05) is 27.5 Å². The van der Waals surface area contributed by atoms with Crippen molar-refractivity contribution in [2.45, 2.75) is 5.41 Å². The highest BCUT2D eigenvalue weighted by Crippen LogP contribution is 2.56. The normalized spacial score (nSPS) is 12.8. The molecule has 0 fully saturated rings. The first-order valence-corrected chi connectivity index (χ1v) is 19.1. The Bertz CT molecular complexity index is 3040. The molecule has 0 atom stereocenters. The lowest BCUT2D eigenvalue weighted by molar-refractivity contribution is 0.669. The second-order valence-electron chi connectivity index (χ2n) is 14.5. The van der Waals surface area contributed by atoms with Gasteiger partial charge in [0.25, 0.3) is 0 Å². The zero-order chi connectivity index (χ0) is 37.1. The third-order valence-electron chi connectivity index (χ3n) is 11.4. The summed E-state index contributed by atoms with van der Waals surface area (Å²) in [5.41, 5.74) is 15.8. The van der Waals surface area contributed by atoms with Crippen LogP contribution in [0.15, 0.2) is 211 Å². The first kappa shape index (κ1) is 32.1. The Labute approximate surface area is 325 Å². The molecule has 10 aromatic rings. The highest BCUT2D eigenvalue weighted by molar-refractivity contribution is 6.06. The molecule has 0 unspecified atom stereocenters. The molecular formula is C53H34N2O. The molecule has 1 aliphatic rings. The van der Waals surface area contributed by atoms with Crippen LogP contribution >= 0.6 is 0 Å². The fraction of sp³-hybridized carbons (Fsp3) is 0.0189. The van der Waals surface area contributed by atoms with Crippen molar-refractivity contribution in [1.82, 2.24) is 9.97 Å². The number of benzene rings is 8. The van der Waals surface area contributed by atoms with Crippen molar-refractivity contribution < 1.29 is 4.42 Å². The van der Waals surface area contributed by atoms with Crippen LogP contribution in [0.4, 0.5) is 0 Å². The summed E-state index contributed by atoms with van der Waals surface area (Å²) in [6, 6.07) is 73.3. The third-order valence-corrected chi connectivity index (χ3v) is 11.4. The second kappa shape index (κ2) is 12.9. The molecule has 0 bridgehead atoms. The number of hydrogen-bond donors (Lipinski definition) is 0. The average molecular weight is 715 g/mol. The van der Waals surface area contributed by atoms with Crippen LogP contribution in [0.5, 0.6) is 0 Å². The summed E-state index contributed by atoms with van der Waals surface area (Å²) in [5, 5.41) is 2.21. The Kier molecular flexibility index (Phi) is 7.39. The van der Waals surface area contributed by atoms with Crippen molar-refractivity contribution >= 4 is 21.9 Å². The number of hydrogen-bond acceptors (Lipinski definition) is 3. The van der Waals surface area contributed by atoms with Crippen molar-refractivity contribution in [2.24, 2.45) is 0 Å². The predicted molar refractivity (Wildman–Crippen MR) is 228 cm³/mol. The molecule has 3 nitrogen and oxygen atoms in total. The van der Waals surface area contributed by atoms with Crippen LogP contribution in [0.1, 0.15) is 22.3 Å². The van der Waals surface area contributed by atoms with E-state index < -0.39 is 5.41 Å². The lowest BCUT2D eigenvalue weighted by Crippen LogP contribution is -2.28. The van der Waals surface area contributed by atoms with Crippen molar-refractivity contribution in [3.8, 4) is 56.2 Å². The molecule has 3 heteroatoms. The van der Waals surface area contributed by atoms with E-state index in [9.17, 15) is 0 Å². The maximum Gasteiger partial charge on any atom is 0.160 e. The summed E-state index contributed by atoms with van der Waals surface area (Å²) < 4.78 is 6.18. The lowest BCUT2D eigenvalue weighted by atomic mass is 9.67. The van der Waals surface area contributed by atoms with Crippen LogP contribution in [0.25, 0.3) is 78.1 Å². The number of fused-ring (bicyclic) bond motifs is 6. The molecule has 0 saturated heterocycles. The van der Waals surface area contributed by atoms with E-state index in [2.05, 4.69) is 176 Å². The van der Waals surface area contributed by atoms with Crippen molar-refractivity contribution in [3.63, 3.8) is 0 Å². The number of nitrogens with zero attached hydrogens (tertiary/aromatic N) is 2. The number of aromatic nitrogens is 2.